The monoisotopic (exact) mass is 404 g/mol. The smallest absolute Gasteiger partial charge is 0.231 e. The number of hydrogen-bond donors (Lipinski definition) is 1. The van der Waals surface area contributed by atoms with Crippen molar-refractivity contribution in [3.05, 3.63) is 23.8 Å². The summed E-state index contributed by atoms with van der Waals surface area (Å²) in [6.07, 6.45) is 4.63. The summed E-state index contributed by atoms with van der Waals surface area (Å²) in [5.74, 6) is 4.06. The molecule has 1 aromatic carbocycles. The number of aliphatic hydroxyl groups excluding tert-OH is 1. The first-order chi connectivity index (χ1) is 11.7. The molecule has 0 aliphatic carbocycles. The van der Waals surface area contributed by atoms with Crippen molar-refractivity contribution in [2.75, 3.05) is 52.7 Å². The molecule has 1 saturated heterocycles. The van der Waals surface area contributed by atoms with E-state index in [1.807, 2.05) is 6.07 Å². The third-order valence-electron chi connectivity index (χ3n) is 4.27. The van der Waals surface area contributed by atoms with Gasteiger partial charge >= 0.3 is 0 Å². The molecule has 2 heterocycles. The van der Waals surface area contributed by atoms with Crippen molar-refractivity contribution < 1.29 is 19.3 Å². The lowest BCUT2D eigenvalue weighted by atomic mass is 10.1. The zero-order valence-corrected chi connectivity index (χ0v) is 16.3. The maximum absolute atomic E-state index is 9.94. The highest BCUT2D eigenvalue weighted by Crippen LogP contribution is 2.32. The predicted molar refractivity (Wildman–Crippen MR) is 104 cm³/mol. The molecule has 1 aromatic rings. The Morgan fingerprint density at radius 1 is 1.12 bits per heavy atom. The fraction of sp³-hybridized carbons (Fsp3) is 0.556. The Morgan fingerprint density at radius 2 is 1.81 bits per heavy atom. The Hall–Kier alpha value is -1.20. The first-order valence-corrected chi connectivity index (χ1v) is 8.27. The summed E-state index contributed by atoms with van der Waals surface area (Å²) in [5, 5.41) is 9.94. The Bertz CT molecular complexity index is 589. The number of terminal acetylenes is 1. The Labute approximate surface area is 167 Å². The van der Waals surface area contributed by atoms with Gasteiger partial charge in [-0.1, -0.05) is 12.0 Å². The lowest BCUT2D eigenvalue weighted by Crippen LogP contribution is -2.48. The van der Waals surface area contributed by atoms with Crippen LogP contribution in [0, 0.1) is 12.3 Å². The number of hydrogen-bond acceptors (Lipinski definition) is 6. The van der Waals surface area contributed by atoms with Crippen molar-refractivity contribution in [1.29, 1.82) is 0 Å². The second-order valence-electron chi connectivity index (χ2n) is 6.14. The maximum Gasteiger partial charge on any atom is 0.231 e. The quantitative estimate of drug-likeness (QED) is 0.547. The average molecular weight is 405 g/mol. The van der Waals surface area contributed by atoms with Crippen molar-refractivity contribution in [2.24, 2.45) is 0 Å². The van der Waals surface area contributed by atoms with Gasteiger partial charge in [-0.25, -0.2) is 0 Å². The second kappa shape index (κ2) is 11.5. The number of aliphatic hydroxyl groups is 1. The van der Waals surface area contributed by atoms with Crippen LogP contribution in [0.15, 0.2) is 18.2 Å². The van der Waals surface area contributed by atoms with Gasteiger partial charge in [0.2, 0.25) is 6.79 Å². The number of benzene rings is 1. The molecule has 1 N–H and O–H groups in total. The Morgan fingerprint density at radius 3 is 2.54 bits per heavy atom. The normalized spacial score (nSPS) is 17.7. The van der Waals surface area contributed by atoms with Gasteiger partial charge in [-0.05, 0) is 17.7 Å². The molecule has 1 unspecified atom stereocenters. The van der Waals surface area contributed by atoms with Gasteiger partial charge in [-0.2, -0.15) is 0 Å². The minimum Gasteiger partial charge on any atom is -0.454 e. The molecular weight excluding hydrogens is 379 g/mol. The molecule has 146 valence electrons. The Balaban J connectivity index is 0.00000169. The van der Waals surface area contributed by atoms with Crippen LogP contribution in [-0.2, 0) is 11.3 Å². The first-order valence-electron chi connectivity index (χ1n) is 8.27. The SMILES string of the molecule is C#CCOCC(O)CN1CCN(Cc2ccc3c(c2)OCO3)CC1.Cl.Cl. The van der Waals surface area contributed by atoms with Crippen LogP contribution in [0.1, 0.15) is 5.56 Å². The van der Waals surface area contributed by atoms with Crippen LogP contribution in [0.5, 0.6) is 11.5 Å². The maximum atomic E-state index is 9.94. The van der Waals surface area contributed by atoms with Crippen LogP contribution < -0.4 is 9.47 Å². The van der Waals surface area contributed by atoms with Crippen LogP contribution >= 0.6 is 24.8 Å². The minimum atomic E-state index is -0.487. The third-order valence-corrected chi connectivity index (χ3v) is 4.27. The molecule has 6 nitrogen and oxygen atoms in total. The molecule has 2 aliphatic rings. The van der Waals surface area contributed by atoms with E-state index in [2.05, 4.69) is 27.9 Å². The molecule has 0 radical (unpaired) electrons. The number of rotatable bonds is 7. The zero-order valence-electron chi connectivity index (χ0n) is 14.6. The van der Waals surface area contributed by atoms with Gasteiger partial charge < -0.3 is 19.3 Å². The van der Waals surface area contributed by atoms with Crippen molar-refractivity contribution >= 4 is 24.8 Å². The lowest BCUT2D eigenvalue weighted by Gasteiger charge is -2.35. The number of nitrogens with zero attached hydrogens (tertiary/aromatic N) is 2. The molecule has 8 heteroatoms. The zero-order chi connectivity index (χ0) is 16.8. The van der Waals surface area contributed by atoms with Gasteiger partial charge in [0.25, 0.3) is 0 Å². The van der Waals surface area contributed by atoms with Gasteiger partial charge in [0.05, 0.1) is 12.7 Å². The molecule has 0 spiro atoms. The number of fused-ring (bicyclic) bond motifs is 1. The molecular formula is C18H26Cl2N2O4. The van der Waals surface area contributed by atoms with Gasteiger partial charge in [-0.15, -0.1) is 31.2 Å². The van der Waals surface area contributed by atoms with E-state index in [0.717, 1.165) is 44.2 Å². The van der Waals surface area contributed by atoms with Crippen LogP contribution in [0.3, 0.4) is 0 Å². The van der Waals surface area contributed by atoms with Crippen LogP contribution in [0.25, 0.3) is 0 Å². The molecule has 0 bridgehead atoms. The molecule has 1 atom stereocenters. The van der Waals surface area contributed by atoms with E-state index in [1.54, 1.807) is 0 Å². The second-order valence-corrected chi connectivity index (χ2v) is 6.14. The van der Waals surface area contributed by atoms with Gasteiger partial charge in [0.15, 0.2) is 11.5 Å². The summed E-state index contributed by atoms with van der Waals surface area (Å²) in [6, 6.07) is 6.12. The van der Waals surface area contributed by atoms with Crippen molar-refractivity contribution in [3.63, 3.8) is 0 Å². The summed E-state index contributed by atoms with van der Waals surface area (Å²) >= 11 is 0. The third kappa shape index (κ3) is 6.51. The number of β-amino-alcohol motifs (C(OH)–C–C–N with tert-alkyl or cyclic N) is 1. The highest BCUT2D eigenvalue weighted by Gasteiger charge is 2.20. The number of halogens is 2. The molecule has 0 amide bonds. The summed E-state index contributed by atoms with van der Waals surface area (Å²) < 4.78 is 15.9. The topological polar surface area (TPSA) is 54.4 Å². The summed E-state index contributed by atoms with van der Waals surface area (Å²) in [7, 11) is 0. The predicted octanol–water partition coefficient (Wildman–Crippen LogP) is 1.39. The van der Waals surface area contributed by atoms with Crippen molar-refractivity contribution in [3.8, 4) is 23.8 Å². The van der Waals surface area contributed by atoms with E-state index < -0.39 is 6.10 Å². The van der Waals surface area contributed by atoms with E-state index in [-0.39, 0.29) is 31.4 Å². The van der Waals surface area contributed by atoms with E-state index in [9.17, 15) is 5.11 Å². The molecule has 0 aromatic heterocycles. The molecule has 26 heavy (non-hydrogen) atoms. The number of piperazine rings is 1. The summed E-state index contributed by atoms with van der Waals surface area (Å²) in [5.41, 5.74) is 1.23. The van der Waals surface area contributed by atoms with Gasteiger partial charge in [0, 0.05) is 39.3 Å². The highest BCUT2D eigenvalue weighted by atomic mass is 35.5. The number of ether oxygens (including phenoxy) is 3. The highest BCUT2D eigenvalue weighted by molar-refractivity contribution is 5.85. The van der Waals surface area contributed by atoms with Crippen LogP contribution in [0.2, 0.25) is 0 Å². The van der Waals surface area contributed by atoms with Crippen molar-refractivity contribution in [1.82, 2.24) is 9.80 Å². The van der Waals surface area contributed by atoms with Gasteiger partial charge in [0.1, 0.15) is 6.61 Å². The first kappa shape index (κ1) is 22.8. The van der Waals surface area contributed by atoms with E-state index >= 15 is 0 Å². The van der Waals surface area contributed by atoms with Crippen LogP contribution in [-0.4, -0.2) is 73.7 Å². The standard InChI is InChI=1S/C18H24N2O4.2ClH/c1-2-9-22-13-16(21)12-20-7-5-19(6-8-20)11-15-3-4-17-18(10-15)24-14-23-17;;/h1,3-4,10,16,21H,5-9,11-14H2;2*1H. The molecule has 3 rings (SSSR count). The van der Waals surface area contributed by atoms with E-state index in [0.29, 0.717) is 19.9 Å². The Kier molecular flexibility index (Phi) is 10.1. The van der Waals surface area contributed by atoms with Crippen LogP contribution in [0.4, 0.5) is 0 Å². The van der Waals surface area contributed by atoms with Crippen molar-refractivity contribution in [2.45, 2.75) is 12.6 Å². The fourth-order valence-electron chi connectivity index (χ4n) is 3.03. The lowest BCUT2D eigenvalue weighted by molar-refractivity contribution is 0.0154. The molecule has 1 fully saturated rings. The van der Waals surface area contributed by atoms with Gasteiger partial charge in [-0.3, -0.25) is 9.80 Å². The summed E-state index contributed by atoms with van der Waals surface area (Å²) in [6.45, 7) is 6.22. The molecule has 2 aliphatic heterocycles. The van der Waals surface area contributed by atoms with E-state index in [1.165, 1.54) is 5.56 Å². The largest absolute Gasteiger partial charge is 0.454 e. The van der Waals surface area contributed by atoms with E-state index in [4.69, 9.17) is 20.6 Å². The molecule has 0 saturated carbocycles. The minimum absolute atomic E-state index is 0. The average Bonchev–Trinajstić information content (AvgIpc) is 3.05. The summed E-state index contributed by atoms with van der Waals surface area (Å²) in [4.78, 5) is 4.68. The fourth-order valence-corrected chi connectivity index (χ4v) is 3.03.